The molecule has 1 saturated carbocycles. The van der Waals surface area contributed by atoms with Crippen molar-refractivity contribution in [3.63, 3.8) is 0 Å². The van der Waals surface area contributed by atoms with Crippen molar-refractivity contribution < 1.29 is 17.8 Å². The molecule has 0 saturated heterocycles. The number of H-pyrrole nitrogens is 1. The van der Waals surface area contributed by atoms with Crippen LogP contribution < -0.4 is 10.6 Å². The lowest BCUT2D eigenvalue weighted by molar-refractivity contribution is 0.392. The second-order valence-corrected chi connectivity index (χ2v) is 5.42. The number of aromatic nitrogens is 1. The Kier molecular flexibility index (Phi) is 1.02. The van der Waals surface area contributed by atoms with E-state index >= 15 is 0 Å². The summed E-state index contributed by atoms with van der Waals surface area (Å²) in [5, 5.41) is 0.399. The van der Waals surface area contributed by atoms with Gasteiger partial charge in [-0.3, -0.25) is 0 Å². The summed E-state index contributed by atoms with van der Waals surface area (Å²) in [6.45, 7) is 0. The Labute approximate surface area is 147 Å². The summed E-state index contributed by atoms with van der Waals surface area (Å²) in [6, 6.07) is 3.93. The lowest BCUT2D eigenvalue weighted by atomic mass is 9.77. The normalized spacial score (nSPS) is 55.5. The summed E-state index contributed by atoms with van der Waals surface area (Å²) in [5.41, 5.74) is -0.870. The molecule has 5 rings (SSSR count). The van der Waals surface area contributed by atoms with E-state index in [1.54, 1.807) is 12.1 Å². The van der Waals surface area contributed by atoms with Crippen molar-refractivity contribution >= 4 is 34.1 Å². The molecule has 21 heavy (non-hydrogen) atoms. The molecule has 1 nitrogen and oxygen atoms in total. The topological polar surface area (TPSA) is 15.8 Å². The fraction of sp³-hybridized carbons (Fsp3) is 0.368. The first-order chi connectivity index (χ1) is 15.3. The SMILES string of the molecule is [2H]C1=c2c([nH]c3cccc(Cl)c23)=C2C=C3C([2H])([2H])C([2H])([2H])C([2H])([2H])C([2H])([2H])C3([2H])C2([2H])C1([2H])[2H]. The Morgan fingerprint density at radius 1 is 1.33 bits per heavy atom. The van der Waals surface area contributed by atoms with Gasteiger partial charge in [-0.1, -0.05) is 41.7 Å². The number of hydrogen-bond donors (Lipinski definition) is 1. The fourth-order valence-corrected chi connectivity index (χ4v) is 3.23. The number of hydrogen-bond acceptors (Lipinski definition) is 0. The number of benzene rings is 1. The third-order valence-corrected chi connectivity index (χ3v) is 4.19. The lowest BCUT2D eigenvalue weighted by Crippen LogP contribution is -2.32. The van der Waals surface area contributed by atoms with E-state index in [9.17, 15) is 1.37 Å². The van der Waals surface area contributed by atoms with Gasteiger partial charge in [0.05, 0.1) is 6.39 Å². The molecule has 1 aromatic heterocycles. The van der Waals surface area contributed by atoms with Crippen LogP contribution in [0.15, 0.2) is 29.8 Å². The van der Waals surface area contributed by atoms with E-state index in [1.807, 2.05) is 0 Å². The van der Waals surface area contributed by atoms with Crippen molar-refractivity contribution in [3.8, 4) is 0 Å². The van der Waals surface area contributed by atoms with Gasteiger partial charge in [-0.05, 0) is 55.0 Å². The summed E-state index contributed by atoms with van der Waals surface area (Å²) >= 11 is 6.32. The monoisotopic (exact) mass is 308 g/mol. The highest BCUT2D eigenvalue weighted by Crippen LogP contribution is 2.46. The average molecular weight is 309 g/mol. The summed E-state index contributed by atoms with van der Waals surface area (Å²) in [6.07, 6.45) is -16.1. The first kappa shape index (κ1) is 5.03. The summed E-state index contributed by atoms with van der Waals surface area (Å²) in [5.74, 6) is -6.30. The fourth-order valence-electron chi connectivity index (χ4n) is 2.96. The standard InChI is InChI=1S/C19H18ClN/c20-16-6-3-7-17-18(16)14-9-8-13-12-5-2-1-4-11(12)10-15(13)19(14)21-17/h3,6-7,9-10,12-13,21H,1-2,4-5,8H2/i1D2,2D2,4D2,5D2,8D2,9D,12D,13D. The number of halogens is 1. The highest BCUT2D eigenvalue weighted by atomic mass is 35.5. The summed E-state index contributed by atoms with van der Waals surface area (Å²) in [7, 11) is 0. The molecule has 2 atom stereocenters. The maximum absolute atomic E-state index is 9.25. The van der Waals surface area contributed by atoms with Crippen molar-refractivity contribution in [1.82, 2.24) is 4.98 Å². The first-order valence-corrected chi connectivity index (χ1v) is 6.89. The van der Waals surface area contributed by atoms with Gasteiger partial charge in [-0.15, -0.1) is 0 Å². The molecule has 3 aliphatic carbocycles. The van der Waals surface area contributed by atoms with E-state index in [2.05, 4.69) is 4.98 Å². The Morgan fingerprint density at radius 3 is 3.24 bits per heavy atom. The van der Waals surface area contributed by atoms with Crippen molar-refractivity contribution in [2.24, 2.45) is 11.8 Å². The van der Waals surface area contributed by atoms with Gasteiger partial charge in [-0.2, -0.15) is 0 Å². The molecular weight excluding hydrogens is 278 g/mol. The maximum Gasteiger partial charge on any atom is 0.0583 e. The Bertz CT molecular complexity index is 1450. The van der Waals surface area contributed by atoms with Gasteiger partial charge in [0.15, 0.2) is 0 Å². The largest absolute Gasteiger partial charge is 0.354 e. The molecule has 1 N–H and O–H groups in total. The van der Waals surface area contributed by atoms with E-state index in [1.165, 1.54) is 6.07 Å². The minimum absolute atomic E-state index is 0.0188. The Balaban J connectivity index is 2.07. The zero-order valence-corrected chi connectivity index (χ0v) is 11.4. The van der Waals surface area contributed by atoms with Gasteiger partial charge in [0.1, 0.15) is 0 Å². The molecule has 0 spiro atoms. The second-order valence-electron chi connectivity index (χ2n) is 5.01. The number of rotatable bonds is 0. The van der Waals surface area contributed by atoms with Crippen LogP contribution in [0, 0.1) is 11.8 Å². The van der Waals surface area contributed by atoms with Crippen LogP contribution in [0.1, 0.15) is 49.7 Å². The second kappa shape index (κ2) is 4.27. The van der Waals surface area contributed by atoms with Gasteiger partial charge in [0.2, 0.25) is 0 Å². The van der Waals surface area contributed by atoms with Gasteiger partial charge in [0.25, 0.3) is 0 Å². The quantitative estimate of drug-likeness (QED) is 0.759. The predicted octanol–water partition coefficient (Wildman–Crippen LogP) is 3.90. The van der Waals surface area contributed by atoms with Crippen LogP contribution in [0.25, 0.3) is 22.5 Å². The lowest BCUT2D eigenvalue weighted by Gasteiger charge is -2.27. The number of fused-ring (bicyclic) bond motifs is 6. The summed E-state index contributed by atoms with van der Waals surface area (Å²) in [4.78, 5) is 2.94. The third-order valence-electron chi connectivity index (χ3n) is 3.88. The number of aromatic amines is 1. The molecule has 2 unspecified atom stereocenters. The highest BCUT2D eigenvalue weighted by molar-refractivity contribution is 6.35. The van der Waals surface area contributed by atoms with Gasteiger partial charge in [-0.25, -0.2) is 0 Å². The van der Waals surface area contributed by atoms with Crippen LogP contribution >= 0.6 is 11.6 Å². The van der Waals surface area contributed by atoms with Crippen LogP contribution in [0.4, 0.5) is 0 Å². The van der Waals surface area contributed by atoms with Crippen molar-refractivity contribution in [2.75, 3.05) is 0 Å². The number of allylic oxidation sites excluding steroid dienone is 2. The van der Waals surface area contributed by atoms with Crippen LogP contribution in [0.2, 0.25) is 5.02 Å². The molecule has 1 aromatic carbocycles. The Morgan fingerprint density at radius 2 is 2.29 bits per heavy atom. The zero-order chi connectivity index (χ0) is 25.7. The molecule has 3 aliphatic rings. The molecule has 1 fully saturated rings. The minimum Gasteiger partial charge on any atom is -0.354 e. The van der Waals surface area contributed by atoms with Crippen molar-refractivity contribution in [2.45, 2.75) is 31.9 Å². The van der Waals surface area contributed by atoms with Crippen LogP contribution in [-0.4, -0.2) is 4.98 Å². The number of nitrogens with one attached hydrogen (secondary N) is 1. The van der Waals surface area contributed by atoms with E-state index in [0.29, 0.717) is 5.52 Å². The van der Waals surface area contributed by atoms with Crippen LogP contribution in [0.3, 0.4) is 0 Å². The van der Waals surface area contributed by atoms with Gasteiger partial charge >= 0.3 is 0 Å². The summed E-state index contributed by atoms with van der Waals surface area (Å²) < 4.78 is 111. The van der Waals surface area contributed by atoms with E-state index in [0.717, 1.165) is 6.08 Å². The first-order valence-electron chi connectivity index (χ1n) is 13.0. The van der Waals surface area contributed by atoms with Crippen molar-refractivity contribution in [1.29, 1.82) is 0 Å². The molecule has 2 heteroatoms. The zero-order valence-electron chi connectivity index (χ0n) is 23.7. The average Bonchev–Trinajstić information content (AvgIpc) is 3.22. The Hall–Kier alpha value is -1.47. The molecular formula is C19H18ClN. The van der Waals surface area contributed by atoms with Gasteiger partial charge in [0, 0.05) is 37.9 Å². The predicted molar refractivity (Wildman–Crippen MR) is 88.6 cm³/mol. The molecule has 0 aliphatic heterocycles. The highest BCUT2D eigenvalue weighted by Gasteiger charge is 2.35. The van der Waals surface area contributed by atoms with Crippen LogP contribution in [-0.2, 0) is 0 Å². The molecule has 2 aromatic rings. The van der Waals surface area contributed by atoms with Gasteiger partial charge < -0.3 is 4.98 Å². The minimum atomic E-state index is -3.63. The van der Waals surface area contributed by atoms with E-state index in [-0.39, 0.29) is 26.5 Å². The molecule has 0 radical (unpaired) electrons. The van der Waals surface area contributed by atoms with Crippen molar-refractivity contribution in [3.05, 3.63) is 45.4 Å². The molecule has 106 valence electrons. The molecule has 0 bridgehead atoms. The van der Waals surface area contributed by atoms with E-state index < -0.39 is 55.3 Å². The molecule has 1 heterocycles. The smallest absolute Gasteiger partial charge is 0.0583 e. The van der Waals surface area contributed by atoms with Crippen LogP contribution in [0.5, 0.6) is 0 Å². The molecule has 0 amide bonds. The van der Waals surface area contributed by atoms with E-state index in [4.69, 9.17) is 28.1 Å². The third kappa shape index (κ3) is 1.58. The maximum atomic E-state index is 9.25.